The zero-order chi connectivity index (χ0) is 36.6. The van der Waals surface area contributed by atoms with Crippen LogP contribution in [-0.2, 0) is 0 Å². The monoisotopic (exact) mass is 699 g/mol. The molecule has 254 valence electrons. The van der Waals surface area contributed by atoms with Crippen molar-refractivity contribution in [2.45, 2.75) is 0 Å². The molecule has 11 aromatic rings. The maximum Gasteiger partial charge on any atom is 0.102 e. The van der Waals surface area contributed by atoms with E-state index in [1.54, 1.807) is 0 Å². The van der Waals surface area contributed by atoms with E-state index in [2.05, 4.69) is 165 Å². The summed E-state index contributed by atoms with van der Waals surface area (Å²) in [5.41, 5.74) is 12.4. The summed E-state index contributed by atoms with van der Waals surface area (Å²) in [6.07, 6.45) is 0. The van der Waals surface area contributed by atoms with Crippen LogP contribution in [0.5, 0.6) is 0 Å². The fraction of sp³-hybridized carbons (Fsp3) is 0. The van der Waals surface area contributed by atoms with Crippen LogP contribution in [0.15, 0.2) is 176 Å². The molecular weight excluding hydrogens is 671 g/mol. The molecule has 3 aromatic heterocycles. The highest BCUT2D eigenvalue weighted by molar-refractivity contribution is 6.13. The summed E-state index contributed by atoms with van der Waals surface area (Å²) < 4.78 is 6.84. The maximum absolute atomic E-state index is 11.0. The summed E-state index contributed by atoms with van der Waals surface area (Å²) in [5, 5.41) is 27.5. The molecule has 0 saturated carbocycles. The molecule has 5 nitrogen and oxygen atoms in total. The van der Waals surface area contributed by atoms with Crippen molar-refractivity contribution in [3.8, 4) is 40.3 Å². The maximum atomic E-state index is 11.0. The van der Waals surface area contributed by atoms with Crippen molar-refractivity contribution in [3.05, 3.63) is 187 Å². The van der Waals surface area contributed by atoms with Gasteiger partial charge in [-0.3, -0.25) is 0 Å². The average molecular weight is 700 g/mol. The van der Waals surface area contributed by atoms with Crippen LogP contribution in [-0.4, -0.2) is 13.7 Å². The number of aromatic nitrogens is 3. The number of nitriles is 2. The quantitative estimate of drug-likeness (QED) is 0.184. The molecule has 0 fully saturated rings. The van der Waals surface area contributed by atoms with Crippen LogP contribution in [0, 0.1) is 22.7 Å². The van der Waals surface area contributed by atoms with Gasteiger partial charge in [0.05, 0.1) is 56.0 Å². The van der Waals surface area contributed by atoms with Crippen LogP contribution in [0.3, 0.4) is 0 Å². The minimum absolute atomic E-state index is 0.602. The van der Waals surface area contributed by atoms with Gasteiger partial charge in [-0.25, -0.2) is 0 Å². The van der Waals surface area contributed by atoms with E-state index in [-0.39, 0.29) is 0 Å². The third-order valence-electron chi connectivity index (χ3n) is 11.1. The predicted octanol–water partition coefficient (Wildman–Crippen LogP) is 12.4. The fourth-order valence-electron chi connectivity index (χ4n) is 8.78. The van der Waals surface area contributed by atoms with Gasteiger partial charge in [-0.1, -0.05) is 103 Å². The normalized spacial score (nSPS) is 11.6. The van der Waals surface area contributed by atoms with Crippen LogP contribution < -0.4 is 0 Å². The van der Waals surface area contributed by atoms with Gasteiger partial charge in [-0.2, -0.15) is 10.5 Å². The van der Waals surface area contributed by atoms with Crippen LogP contribution in [0.25, 0.3) is 93.6 Å². The van der Waals surface area contributed by atoms with E-state index in [4.69, 9.17) is 0 Å². The second kappa shape index (κ2) is 11.8. The number of para-hydroxylation sites is 4. The lowest BCUT2D eigenvalue weighted by atomic mass is 9.98. The largest absolute Gasteiger partial charge is 0.309 e. The average Bonchev–Trinajstić information content (AvgIpc) is 3.88. The van der Waals surface area contributed by atoms with Gasteiger partial charge in [0.15, 0.2) is 0 Å². The first-order valence-electron chi connectivity index (χ1n) is 18.3. The number of rotatable bonds is 4. The molecule has 8 aromatic carbocycles. The molecule has 55 heavy (non-hydrogen) atoms. The van der Waals surface area contributed by atoms with E-state index in [0.717, 1.165) is 82.8 Å². The smallest absolute Gasteiger partial charge is 0.102 e. The highest BCUT2D eigenvalue weighted by atomic mass is 15.0. The Hall–Kier alpha value is -7.86. The zero-order valence-corrected chi connectivity index (χ0v) is 29.5. The number of benzene rings is 8. The van der Waals surface area contributed by atoms with Crippen molar-refractivity contribution >= 4 is 65.4 Å². The van der Waals surface area contributed by atoms with Crippen LogP contribution >= 0.6 is 0 Å². The first-order valence-corrected chi connectivity index (χ1v) is 18.3. The van der Waals surface area contributed by atoms with Gasteiger partial charge in [0, 0.05) is 49.3 Å². The van der Waals surface area contributed by atoms with Crippen LogP contribution in [0.1, 0.15) is 11.1 Å². The van der Waals surface area contributed by atoms with Gasteiger partial charge < -0.3 is 13.7 Å². The molecule has 0 radical (unpaired) electrons. The third-order valence-corrected chi connectivity index (χ3v) is 11.1. The van der Waals surface area contributed by atoms with Gasteiger partial charge in [0.1, 0.15) is 6.07 Å². The highest BCUT2D eigenvalue weighted by Crippen LogP contribution is 2.40. The molecule has 0 atom stereocenters. The Labute approximate surface area is 316 Å². The molecular formula is C50H29N5. The summed E-state index contributed by atoms with van der Waals surface area (Å²) >= 11 is 0. The second-order valence-corrected chi connectivity index (χ2v) is 14.0. The molecule has 0 N–H and O–H groups in total. The highest BCUT2D eigenvalue weighted by Gasteiger charge is 2.20. The van der Waals surface area contributed by atoms with Crippen molar-refractivity contribution in [2.75, 3.05) is 0 Å². The number of fused-ring (bicyclic) bond motifs is 9. The van der Waals surface area contributed by atoms with Crippen molar-refractivity contribution in [1.29, 1.82) is 10.5 Å². The Balaban J connectivity index is 1.13. The third kappa shape index (κ3) is 4.45. The summed E-state index contributed by atoms with van der Waals surface area (Å²) in [5.74, 6) is 0. The fourth-order valence-corrected chi connectivity index (χ4v) is 8.78. The lowest BCUT2D eigenvalue weighted by Gasteiger charge is -2.15. The molecule has 0 saturated heterocycles. The lowest BCUT2D eigenvalue weighted by molar-refractivity contribution is 1.15. The van der Waals surface area contributed by atoms with Gasteiger partial charge in [0.25, 0.3) is 0 Å². The van der Waals surface area contributed by atoms with Crippen LogP contribution in [0.4, 0.5) is 0 Å². The molecule has 3 heterocycles. The first kappa shape index (κ1) is 30.7. The number of hydrogen-bond donors (Lipinski definition) is 0. The Morgan fingerprint density at radius 1 is 0.345 bits per heavy atom. The van der Waals surface area contributed by atoms with Gasteiger partial charge in [-0.15, -0.1) is 0 Å². The van der Waals surface area contributed by atoms with Gasteiger partial charge >= 0.3 is 0 Å². The molecule has 0 bridgehead atoms. The van der Waals surface area contributed by atoms with Crippen molar-refractivity contribution in [3.63, 3.8) is 0 Å². The standard InChI is InChI=1S/C50H29N5/c51-30-32-23-26-49-42(27-32)40-16-4-7-20-46(40)53(49)34-12-9-11-33(28-34)36-17-10-22-48(43(36)31-52)55-47-21-8-3-15-39(47)41-25-24-35(29-50(41)55)54-44-18-5-1-13-37(44)38-14-2-6-19-45(38)54/h1-29H. The van der Waals surface area contributed by atoms with E-state index in [0.29, 0.717) is 11.1 Å². The van der Waals surface area contributed by atoms with Crippen molar-refractivity contribution in [2.24, 2.45) is 0 Å². The van der Waals surface area contributed by atoms with Crippen molar-refractivity contribution in [1.82, 2.24) is 13.7 Å². The number of nitrogens with zero attached hydrogens (tertiary/aromatic N) is 5. The van der Waals surface area contributed by atoms with Gasteiger partial charge in [-0.05, 0) is 78.4 Å². The van der Waals surface area contributed by atoms with E-state index in [9.17, 15) is 10.5 Å². The molecule has 0 amide bonds. The van der Waals surface area contributed by atoms with Crippen molar-refractivity contribution < 1.29 is 0 Å². The summed E-state index contributed by atoms with van der Waals surface area (Å²) in [6.45, 7) is 0. The zero-order valence-electron chi connectivity index (χ0n) is 29.5. The Kier molecular flexibility index (Phi) is 6.61. The summed E-state index contributed by atoms with van der Waals surface area (Å²) in [4.78, 5) is 0. The summed E-state index contributed by atoms with van der Waals surface area (Å²) in [7, 11) is 0. The SMILES string of the molecule is N#Cc1ccc2c(c1)c1ccccc1n2-c1cccc(-c2cccc(-n3c4ccccc4c4ccc(-n5c6ccccc6c6ccccc65)cc43)c2C#N)c1. The molecule has 0 spiro atoms. The number of hydrogen-bond acceptors (Lipinski definition) is 2. The predicted molar refractivity (Wildman–Crippen MR) is 224 cm³/mol. The van der Waals surface area contributed by atoms with Crippen LogP contribution in [0.2, 0.25) is 0 Å². The molecule has 0 aliphatic heterocycles. The minimum atomic E-state index is 0.602. The Morgan fingerprint density at radius 2 is 0.873 bits per heavy atom. The molecule has 0 unspecified atom stereocenters. The van der Waals surface area contributed by atoms with E-state index in [1.165, 1.54) is 10.8 Å². The Bertz CT molecular complexity index is 3420. The Morgan fingerprint density at radius 3 is 1.49 bits per heavy atom. The molecule has 5 heteroatoms. The van der Waals surface area contributed by atoms with E-state index < -0.39 is 0 Å². The molecule has 0 aliphatic rings. The summed E-state index contributed by atoms with van der Waals surface area (Å²) in [6, 6.07) is 65.9. The molecule has 0 aliphatic carbocycles. The minimum Gasteiger partial charge on any atom is -0.309 e. The topological polar surface area (TPSA) is 62.4 Å². The molecule has 11 rings (SSSR count). The second-order valence-electron chi connectivity index (χ2n) is 14.0. The van der Waals surface area contributed by atoms with E-state index in [1.807, 2.05) is 36.4 Å². The van der Waals surface area contributed by atoms with Gasteiger partial charge in [0.2, 0.25) is 0 Å². The first-order chi connectivity index (χ1) is 27.2. The lowest BCUT2D eigenvalue weighted by Crippen LogP contribution is -2.01. The van der Waals surface area contributed by atoms with E-state index >= 15 is 0 Å².